The van der Waals surface area contributed by atoms with Crippen molar-refractivity contribution in [3.8, 4) is 5.75 Å². The Morgan fingerprint density at radius 2 is 1.96 bits per heavy atom. The summed E-state index contributed by atoms with van der Waals surface area (Å²) in [5.74, 6) is 0.617. The molecule has 0 spiro atoms. The number of aromatic nitrogens is 3. The minimum atomic E-state index is -0.100. The lowest BCUT2D eigenvalue weighted by atomic mass is 10.2. The fourth-order valence-electron chi connectivity index (χ4n) is 2.76. The van der Waals surface area contributed by atoms with E-state index in [4.69, 9.17) is 9.72 Å². The number of carbonyl (C=O) groups is 1. The monoisotopic (exact) mass is 441 g/mol. The third-order valence-electron chi connectivity index (χ3n) is 4.22. The van der Waals surface area contributed by atoms with Gasteiger partial charge in [0, 0.05) is 6.54 Å². The first-order valence-electron chi connectivity index (χ1n) is 8.62. The topological polar surface area (TPSA) is 71.5 Å². The summed E-state index contributed by atoms with van der Waals surface area (Å²) in [5, 5.41) is 4.66. The van der Waals surface area contributed by atoms with Crippen LogP contribution in [0.15, 0.2) is 12.1 Å². The van der Waals surface area contributed by atoms with Gasteiger partial charge in [0.15, 0.2) is 5.13 Å². The second-order valence-corrected chi connectivity index (χ2v) is 8.29. The zero-order valence-corrected chi connectivity index (χ0v) is 19.0. The molecule has 0 N–H and O–H groups in total. The van der Waals surface area contributed by atoms with Crippen LogP contribution in [0.4, 0.5) is 5.13 Å². The Hall–Kier alpha value is -1.81. The van der Waals surface area contributed by atoms with Gasteiger partial charge in [-0.25, -0.2) is 4.98 Å². The molecule has 2 aromatic heterocycles. The van der Waals surface area contributed by atoms with Gasteiger partial charge in [-0.15, -0.1) is 17.5 Å². The summed E-state index contributed by atoms with van der Waals surface area (Å²) < 4.78 is 10.4. The Labute approximate surface area is 178 Å². The fourth-order valence-corrected chi connectivity index (χ4v) is 4.44. The third-order valence-corrected chi connectivity index (χ3v) is 6.25. The summed E-state index contributed by atoms with van der Waals surface area (Å²) in [6, 6.07) is 3.93. The first-order chi connectivity index (χ1) is 12.9. The van der Waals surface area contributed by atoms with Crippen LogP contribution in [0.3, 0.4) is 0 Å². The SMILES string of the molecule is COc1ccc(C)c2sc(N(CCCN(C)C)C(=O)c3snnc3C)nc12.Cl. The Morgan fingerprint density at radius 3 is 2.57 bits per heavy atom. The fraction of sp³-hybridized carbons (Fsp3) is 0.444. The van der Waals surface area contributed by atoms with E-state index in [0.717, 1.165) is 46.0 Å². The van der Waals surface area contributed by atoms with Crippen LogP contribution in [-0.4, -0.2) is 59.7 Å². The molecule has 1 amide bonds. The van der Waals surface area contributed by atoms with Gasteiger partial charge in [0.2, 0.25) is 0 Å². The molecule has 7 nitrogen and oxygen atoms in total. The number of hydrogen-bond acceptors (Lipinski definition) is 8. The average Bonchev–Trinajstić information content (AvgIpc) is 3.25. The van der Waals surface area contributed by atoms with Crippen molar-refractivity contribution < 1.29 is 9.53 Å². The predicted molar refractivity (Wildman–Crippen MR) is 118 cm³/mol. The van der Waals surface area contributed by atoms with E-state index >= 15 is 0 Å². The Morgan fingerprint density at radius 1 is 1.21 bits per heavy atom. The number of aryl methyl sites for hydroxylation is 2. The first-order valence-corrected chi connectivity index (χ1v) is 10.2. The minimum absolute atomic E-state index is 0. The second-order valence-electron chi connectivity index (χ2n) is 6.56. The number of nitrogens with zero attached hydrogens (tertiary/aromatic N) is 5. The summed E-state index contributed by atoms with van der Waals surface area (Å²) >= 11 is 2.64. The molecule has 0 radical (unpaired) electrons. The standard InChI is InChI=1S/C18H23N5O2S2.ClH/c1-11-7-8-13(25-5)14-15(11)26-18(19-14)23(10-6-9-22(3)4)17(24)16-12(2)20-21-27-16;/h7-8H,6,9-10H2,1-5H3;1H. The largest absolute Gasteiger partial charge is 0.494 e. The molecule has 0 atom stereocenters. The van der Waals surface area contributed by atoms with Gasteiger partial charge >= 0.3 is 0 Å². The molecule has 0 aliphatic heterocycles. The van der Waals surface area contributed by atoms with Crippen molar-refractivity contribution in [3.63, 3.8) is 0 Å². The maximum absolute atomic E-state index is 13.2. The number of rotatable bonds is 7. The highest BCUT2D eigenvalue weighted by molar-refractivity contribution is 7.22. The van der Waals surface area contributed by atoms with E-state index in [0.29, 0.717) is 22.2 Å². The van der Waals surface area contributed by atoms with E-state index in [1.54, 1.807) is 18.9 Å². The van der Waals surface area contributed by atoms with Gasteiger partial charge in [-0.3, -0.25) is 9.69 Å². The Kier molecular flexibility index (Phi) is 7.70. The number of fused-ring (bicyclic) bond motifs is 1. The lowest BCUT2D eigenvalue weighted by Crippen LogP contribution is -2.33. The zero-order chi connectivity index (χ0) is 19.6. The van der Waals surface area contributed by atoms with E-state index < -0.39 is 0 Å². The molecule has 0 aliphatic rings. The van der Waals surface area contributed by atoms with Gasteiger partial charge in [0.1, 0.15) is 16.1 Å². The maximum Gasteiger partial charge on any atom is 0.273 e. The molecule has 1 aromatic carbocycles. The van der Waals surface area contributed by atoms with E-state index in [2.05, 4.69) is 14.5 Å². The van der Waals surface area contributed by atoms with Crippen LogP contribution in [0, 0.1) is 13.8 Å². The van der Waals surface area contributed by atoms with Crippen LogP contribution < -0.4 is 9.64 Å². The summed E-state index contributed by atoms with van der Waals surface area (Å²) in [7, 11) is 5.68. The molecule has 3 aromatic rings. The molecule has 0 bridgehead atoms. The number of thiazole rings is 1. The Balaban J connectivity index is 0.00000280. The van der Waals surface area contributed by atoms with Crippen LogP contribution in [0.1, 0.15) is 27.3 Å². The van der Waals surface area contributed by atoms with Gasteiger partial charge in [-0.2, -0.15) is 0 Å². The van der Waals surface area contributed by atoms with Crippen LogP contribution in [0.25, 0.3) is 10.2 Å². The summed E-state index contributed by atoms with van der Waals surface area (Å²) in [6.45, 7) is 5.31. The number of halogens is 1. The van der Waals surface area contributed by atoms with Crippen molar-refractivity contribution in [3.05, 3.63) is 28.3 Å². The van der Waals surface area contributed by atoms with Crippen molar-refractivity contribution in [2.45, 2.75) is 20.3 Å². The lowest BCUT2D eigenvalue weighted by Gasteiger charge is -2.20. The molecule has 0 saturated carbocycles. The Bertz CT molecular complexity index is 957. The molecule has 2 heterocycles. The van der Waals surface area contributed by atoms with E-state index in [9.17, 15) is 4.79 Å². The van der Waals surface area contributed by atoms with Gasteiger partial charge < -0.3 is 9.64 Å². The van der Waals surface area contributed by atoms with E-state index in [1.807, 2.05) is 33.2 Å². The zero-order valence-electron chi connectivity index (χ0n) is 16.6. The van der Waals surface area contributed by atoms with Crippen molar-refractivity contribution in [1.29, 1.82) is 0 Å². The van der Waals surface area contributed by atoms with Crippen molar-refractivity contribution in [1.82, 2.24) is 19.5 Å². The molecular formula is C18H24ClN5O2S2. The summed E-state index contributed by atoms with van der Waals surface area (Å²) in [6.07, 6.45) is 0.843. The molecule has 10 heteroatoms. The number of methoxy groups -OCH3 is 1. The molecule has 152 valence electrons. The number of ether oxygens (including phenoxy) is 1. The van der Waals surface area contributed by atoms with Crippen molar-refractivity contribution in [2.75, 3.05) is 39.2 Å². The van der Waals surface area contributed by atoms with Crippen LogP contribution in [-0.2, 0) is 0 Å². The molecule has 0 saturated heterocycles. The minimum Gasteiger partial charge on any atom is -0.494 e. The number of benzene rings is 1. The van der Waals surface area contributed by atoms with E-state index in [-0.39, 0.29) is 18.3 Å². The first kappa shape index (κ1) is 22.5. The molecule has 0 fully saturated rings. The molecular weight excluding hydrogens is 418 g/mol. The second kappa shape index (κ2) is 9.60. The third kappa shape index (κ3) is 4.60. The normalized spacial score (nSPS) is 10.9. The molecule has 0 unspecified atom stereocenters. The predicted octanol–water partition coefficient (Wildman–Crippen LogP) is 3.79. The van der Waals surface area contributed by atoms with Crippen LogP contribution in [0.2, 0.25) is 0 Å². The molecule has 0 aliphatic carbocycles. The number of carbonyl (C=O) groups excluding carboxylic acids is 1. The van der Waals surface area contributed by atoms with Crippen molar-refractivity contribution >= 4 is 56.5 Å². The number of anilines is 1. The van der Waals surface area contributed by atoms with E-state index in [1.165, 1.54) is 11.3 Å². The highest BCUT2D eigenvalue weighted by Gasteiger charge is 2.25. The number of amides is 1. The highest BCUT2D eigenvalue weighted by Crippen LogP contribution is 2.37. The van der Waals surface area contributed by atoms with Gasteiger partial charge in [-0.1, -0.05) is 21.9 Å². The maximum atomic E-state index is 13.2. The van der Waals surface area contributed by atoms with Gasteiger partial charge in [0.05, 0.1) is 17.5 Å². The summed E-state index contributed by atoms with van der Waals surface area (Å²) in [4.78, 5) is 22.4. The van der Waals surface area contributed by atoms with Gasteiger partial charge in [-0.05, 0) is 64.1 Å². The highest BCUT2D eigenvalue weighted by atomic mass is 35.5. The molecule has 28 heavy (non-hydrogen) atoms. The lowest BCUT2D eigenvalue weighted by molar-refractivity contribution is 0.0989. The van der Waals surface area contributed by atoms with Crippen LogP contribution >= 0.6 is 35.3 Å². The van der Waals surface area contributed by atoms with Crippen molar-refractivity contribution in [2.24, 2.45) is 0 Å². The quantitative estimate of drug-likeness (QED) is 0.555. The summed E-state index contributed by atoms with van der Waals surface area (Å²) in [5.41, 5.74) is 2.56. The molecule has 3 rings (SSSR count). The van der Waals surface area contributed by atoms with Crippen LogP contribution in [0.5, 0.6) is 5.75 Å². The van der Waals surface area contributed by atoms with Gasteiger partial charge in [0.25, 0.3) is 5.91 Å². The number of hydrogen-bond donors (Lipinski definition) is 0. The average molecular weight is 442 g/mol. The smallest absolute Gasteiger partial charge is 0.273 e.